The molecule has 9 nitrogen and oxygen atoms in total. The van der Waals surface area contributed by atoms with Crippen molar-refractivity contribution in [1.29, 1.82) is 0 Å². The van der Waals surface area contributed by atoms with Crippen molar-refractivity contribution < 1.29 is 27.5 Å². The minimum atomic E-state index is -4.74. The van der Waals surface area contributed by atoms with Crippen molar-refractivity contribution >= 4 is 34.2 Å². The van der Waals surface area contributed by atoms with Gasteiger partial charge >= 0.3 is 6.36 Å². The van der Waals surface area contributed by atoms with Crippen molar-refractivity contribution in [1.82, 2.24) is 29.7 Å². The van der Waals surface area contributed by atoms with Gasteiger partial charge in [0.15, 0.2) is 10.8 Å². The second-order valence-corrected chi connectivity index (χ2v) is 10.3. The lowest BCUT2D eigenvalue weighted by Gasteiger charge is -2.47. The molecule has 202 valence electrons. The Kier molecular flexibility index (Phi) is 6.47. The lowest BCUT2D eigenvalue weighted by atomic mass is 10.1. The van der Waals surface area contributed by atoms with Crippen LogP contribution >= 0.6 is 11.3 Å². The highest BCUT2D eigenvalue weighted by atomic mass is 32.1. The molecule has 4 aromatic rings. The number of benzene rings is 2. The smallest absolute Gasteiger partial charge is 0.406 e. The largest absolute Gasteiger partial charge is 0.573 e. The van der Waals surface area contributed by atoms with Crippen molar-refractivity contribution in [3.8, 4) is 16.9 Å². The predicted octanol–water partition coefficient (Wildman–Crippen LogP) is 3.87. The Morgan fingerprint density at radius 2 is 1.67 bits per heavy atom. The van der Waals surface area contributed by atoms with Crippen LogP contribution in [0.5, 0.6) is 5.75 Å². The van der Waals surface area contributed by atoms with Gasteiger partial charge in [-0.25, -0.2) is 9.97 Å². The summed E-state index contributed by atoms with van der Waals surface area (Å²) < 4.78 is 41.2. The molecule has 39 heavy (non-hydrogen) atoms. The van der Waals surface area contributed by atoms with Crippen LogP contribution in [0.2, 0.25) is 0 Å². The minimum absolute atomic E-state index is 0.0319. The normalized spacial score (nSPS) is 16.9. The molecule has 0 spiro atoms. The lowest BCUT2D eigenvalue weighted by molar-refractivity contribution is -0.274. The number of imidazole rings is 1. The fourth-order valence-electron chi connectivity index (χ4n) is 4.89. The highest BCUT2D eigenvalue weighted by Gasteiger charge is 2.38. The van der Waals surface area contributed by atoms with Crippen molar-refractivity contribution in [3.05, 3.63) is 64.9 Å². The Balaban J connectivity index is 1.05. The van der Waals surface area contributed by atoms with Crippen molar-refractivity contribution in [3.63, 3.8) is 0 Å². The van der Waals surface area contributed by atoms with Gasteiger partial charge in [-0.1, -0.05) is 18.2 Å². The summed E-state index contributed by atoms with van der Waals surface area (Å²) in [4.78, 5) is 43.1. The molecule has 0 atom stereocenters. The fourth-order valence-corrected chi connectivity index (χ4v) is 5.49. The summed E-state index contributed by atoms with van der Waals surface area (Å²) in [6.45, 7) is 3.95. The predicted molar refractivity (Wildman–Crippen MR) is 137 cm³/mol. The number of nitrogens with zero attached hydrogens (tertiary/aromatic N) is 5. The van der Waals surface area contributed by atoms with Crippen LogP contribution in [0.25, 0.3) is 22.2 Å². The van der Waals surface area contributed by atoms with E-state index in [2.05, 4.69) is 24.6 Å². The number of halogens is 3. The number of amides is 2. The number of hydrogen-bond donors (Lipinski definition) is 1. The Morgan fingerprint density at radius 1 is 0.949 bits per heavy atom. The Hall–Kier alpha value is -3.97. The first-order valence-corrected chi connectivity index (χ1v) is 13.2. The standard InChI is InChI=1S/C26H23F3N6O3S/c27-26(28,29)38-19-4-1-16(2-5-19)17-3-6-20-21(13-17)32-22(31-20)24(36)35-14-18(15-35)33-8-10-34(11-9-33)25(37)23-30-7-12-39-23/h1-7,12-13,18H,8-11,14-15H2,(H,31,32). The number of nitrogens with one attached hydrogen (secondary N) is 1. The molecule has 4 heterocycles. The molecule has 0 aliphatic carbocycles. The number of aromatic nitrogens is 3. The van der Waals surface area contributed by atoms with Crippen LogP contribution in [-0.2, 0) is 0 Å². The number of rotatable bonds is 5. The third kappa shape index (κ3) is 5.32. The van der Waals surface area contributed by atoms with Crippen molar-refractivity contribution in [2.24, 2.45) is 0 Å². The number of carbonyl (C=O) groups is 2. The Labute approximate surface area is 224 Å². The number of likely N-dealkylation sites (tertiary alicyclic amines) is 1. The van der Waals surface area contributed by atoms with E-state index in [0.717, 1.165) is 18.7 Å². The van der Waals surface area contributed by atoms with Crippen LogP contribution in [0.4, 0.5) is 13.2 Å². The molecule has 6 rings (SSSR count). The van der Waals surface area contributed by atoms with E-state index in [1.807, 2.05) is 11.0 Å². The average Bonchev–Trinajstić information content (AvgIpc) is 3.57. The highest BCUT2D eigenvalue weighted by molar-refractivity contribution is 7.11. The van der Waals surface area contributed by atoms with E-state index in [0.29, 0.717) is 47.8 Å². The van der Waals surface area contributed by atoms with Crippen LogP contribution in [-0.4, -0.2) is 93.1 Å². The molecule has 0 unspecified atom stereocenters. The van der Waals surface area contributed by atoms with Gasteiger partial charge < -0.3 is 19.5 Å². The molecular formula is C26H23F3N6O3S. The number of fused-ring (bicyclic) bond motifs is 1. The summed E-state index contributed by atoms with van der Waals surface area (Å²) in [6.07, 6.45) is -3.11. The zero-order valence-corrected chi connectivity index (χ0v) is 21.3. The van der Waals surface area contributed by atoms with E-state index in [1.54, 1.807) is 28.6 Å². The summed E-state index contributed by atoms with van der Waals surface area (Å²) >= 11 is 1.34. The van der Waals surface area contributed by atoms with Gasteiger partial charge in [0.1, 0.15) is 5.75 Å². The van der Waals surface area contributed by atoms with E-state index >= 15 is 0 Å². The summed E-state index contributed by atoms with van der Waals surface area (Å²) in [7, 11) is 0. The van der Waals surface area contributed by atoms with Crippen LogP contribution < -0.4 is 4.74 Å². The topological polar surface area (TPSA) is 94.7 Å². The summed E-state index contributed by atoms with van der Waals surface area (Å²) in [6, 6.07) is 11.2. The molecule has 0 bridgehead atoms. The second-order valence-electron chi connectivity index (χ2n) is 9.42. The molecule has 2 aromatic heterocycles. The first kappa shape index (κ1) is 25.3. The number of thiazole rings is 1. The molecule has 2 fully saturated rings. The zero-order chi connectivity index (χ0) is 27.1. The van der Waals surface area contributed by atoms with Gasteiger partial charge in [-0.15, -0.1) is 24.5 Å². The molecule has 13 heteroatoms. The molecule has 0 radical (unpaired) electrons. The zero-order valence-electron chi connectivity index (χ0n) is 20.5. The number of aromatic amines is 1. The van der Waals surface area contributed by atoms with Gasteiger partial charge in [-0.05, 0) is 35.4 Å². The molecule has 2 aliphatic rings. The van der Waals surface area contributed by atoms with Gasteiger partial charge in [-0.2, -0.15) is 0 Å². The van der Waals surface area contributed by atoms with E-state index in [4.69, 9.17) is 0 Å². The molecule has 2 amide bonds. The van der Waals surface area contributed by atoms with Crippen LogP contribution in [0, 0.1) is 0 Å². The Bertz CT molecular complexity index is 1490. The highest BCUT2D eigenvalue weighted by Crippen LogP contribution is 2.28. The number of H-pyrrole nitrogens is 1. The van der Waals surface area contributed by atoms with E-state index in [9.17, 15) is 22.8 Å². The molecule has 1 N–H and O–H groups in total. The lowest BCUT2D eigenvalue weighted by Crippen LogP contribution is -2.64. The number of piperazine rings is 1. The first-order chi connectivity index (χ1) is 18.7. The second kappa shape index (κ2) is 9.97. The van der Waals surface area contributed by atoms with Crippen LogP contribution in [0.3, 0.4) is 0 Å². The van der Waals surface area contributed by atoms with Gasteiger partial charge in [0.25, 0.3) is 11.8 Å². The van der Waals surface area contributed by atoms with Gasteiger partial charge in [0.2, 0.25) is 0 Å². The maximum atomic E-state index is 13.1. The number of carbonyl (C=O) groups excluding carboxylic acids is 2. The molecule has 2 aromatic carbocycles. The number of alkyl halides is 3. The van der Waals surface area contributed by atoms with Gasteiger partial charge in [-0.3, -0.25) is 14.5 Å². The summed E-state index contributed by atoms with van der Waals surface area (Å²) in [5.74, 6) is -0.266. The first-order valence-electron chi connectivity index (χ1n) is 12.3. The third-order valence-corrected chi connectivity index (χ3v) is 7.75. The average molecular weight is 557 g/mol. The summed E-state index contributed by atoms with van der Waals surface area (Å²) in [5.41, 5.74) is 2.73. The summed E-state index contributed by atoms with van der Waals surface area (Å²) in [5, 5.41) is 2.30. The van der Waals surface area contributed by atoms with Crippen molar-refractivity contribution in [2.75, 3.05) is 39.3 Å². The molecular weight excluding hydrogens is 533 g/mol. The SMILES string of the molecule is O=C(c1nc2cc(-c3ccc(OC(F)(F)F)cc3)ccc2[nH]1)N1CC(N2CCN(C(=O)c3nccs3)CC2)C1. The monoisotopic (exact) mass is 556 g/mol. The van der Waals surface area contributed by atoms with E-state index < -0.39 is 6.36 Å². The van der Waals surface area contributed by atoms with Gasteiger partial charge in [0.05, 0.1) is 11.0 Å². The maximum absolute atomic E-state index is 13.1. The van der Waals surface area contributed by atoms with Crippen molar-refractivity contribution in [2.45, 2.75) is 12.4 Å². The van der Waals surface area contributed by atoms with Crippen LogP contribution in [0.1, 0.15) is 20.4 Å². The quantitative estimate of drug-likeness (QED) is 0.401. The fraction of sp³-hybridized carbons (Fsp3) is 0.308. The Morgan fingerprint density at radius 3 is 2.33 bits per heavy atom. The van der Waals surface area contributed by atoms with E-state index in [-0.39, 0.29) is 29.4 Å². The molecule has 0 saturated carbocycles. The minimum Gasteiger partial charge on any atom is -0.406 e. The number of ether oxygens (including phenoxy) is 1. The third-order valence-electron chi connectivity index (χ3n) is 6.99. The van der Waals surface area contributed by atoms with Gasteiger partial charge in [0, 0.05) is 56.9 Å². The van der Waals surface area contributed by atoms with Crippen LogP contribution in [0.15, 0.2) is 54.0 Å². The number of hydrogen-bond acceptors (Lipinski definition) is 7. The van der Waals surface area contributed by atoms with E-state index in [1.165, 1.54) is 35.6 Å². The molecule has 2 saturated heterocycles. The maximum Gasteiger partial charge on any atom is 0.573 e. The molecule has 2 aliphatic heterocycles.